The molecule has 3 rings (SSSR count). The first-order valence-corrected chi connectivity index (χ1v) is 8.39. The summed E-state index contributed by atoms with van der Waals surface area (Å²) in [5.74, 6) is -1.11. The Morgan fingerprint density at radius 2 is 2.07 bits per heavy atom. The number of alkyl halides is 3. The minimum absolute atomic E-state index is 0.0511. The van der Waals surface area contributed by atoms with E-state index in [-0.39, 0.29) is 44.9 Å². The first kappa shape index (κ1) is 18.8. The maximum atomic E-state index is 13.0. The number of imidazole rings is 1. The summed E-state index contributed by atoms with van der Waals surface area (Å²) in [6.07, 6.45) is -3.25. The van der Waals surface area contributed by atoms with Gasteiger partial charge in [-0.1, -0.05) is 6.92 Å². The van der Waals surface area contributed by atoms with E-state index in [1.54, 1.807) is 13.0 Å². The first-order valence-electron chi connectivity index (χ1n) is 7.59. The molecular formula is C17H10BrF3N4O2. The highest BCUT2D eigenvalue weighted by atomic mass is 79.9. The number of benzene rings is 1. The number of rotatable bonds is 3. The summed E-state index contributed by atoms with van der Waals surface area (Å²) < 4.78 is 39.9. The Bertz CT molecular complexity index is 1120. The van der Waals surface area contributed by atoms with Crippen LogP contribution in [-0.4, -0.2) is 25.3 Å². The van der Waals surface area contributed by atoms with Gasteiger partial charge in [-0.05, 0) is 40.5 Å². The second-order valence-electron chi connectivity index (χ2n) is 5.54. The number of nitrogens with zero attached hydrogens (tertiary/aromatic N) is 4. The molecule has 0 fully saturated rings. The first-order chi connectivity index (χ1) is 12.7. The molecule has 0 bridgehead atoms. The molecule has 0 atom stereocenters. The van der Waals surface area contributed by atoms with Gasteiger partial charge in [0.25, 0.3) is 0 Å². The number of hydrogen-bond acceptors (Lipinski definition) is 5. The number of fused-ring (bicyclic) bond motifs is 1. The molecule has 0 aliphatic rings. The lowest BCUT2D eigenvalue weighted by atomic mass is 10.0. The van der Waals surface area contributed by atoms with E-state index in [2.05, 4.69) is 25.9 Å². The van der Waals surface area contributed by atoms with Crippen molar-refractivity contribution in [2.45, 2.75) is 19.5 Å². The van der Waals surface area contributed by atoms with Crippen molar-refractivity contribution in [3.63, 3.8) is 0 Å². The van der Waals surface area contributed by atoms with Crippen molar-refractivity contribution in [1.82, 2.24) is 14.4 Å². The Morgan fingerprint density at radius 3 is 2.67 bits per heavy atom. The number of nitriles is 1. The SMILES string of the molecule is CCc1nc2nc(C(F)(F)F)ccn2c1C(=O)c1cc(Br)c(O)c(C#N)c1. The van der Waals surface area contributed by atoms with Crippen LogP contribution in [0.25, 0.3) is 5.78 Å². The maximum absolute atomic E-state index is 13.0. The largest absolute Gasteiger partial charge is 0.505 e. The molecule has 2 aromatic heterocycles. The van der Waals surface area contributed by atoms with E-state index < -0.39 is 17.7 Å². The van der Waals surface area contributed by atoms with Crippen LogP contribution in [0.15, 0.2) is 28.9 Å². The van der Waals surface area contributed by atoms with Crippen molar-refractivity contribution < 1.29 is 23.1 Å². The zero-order valence-electron chi connectivity index (χ0n) is 13.7. The Morgan fingerprint density at radius 1 is 1.37 bits per heavy atom. The number of carbonyl (C=O) groups excluding carboxylic acids is 1. The highest BCUT2D eigenvalue weighted by molar-refractivity contribution is 9.10. The lowest BCUT2D eigenvalue weighted by molar-refractivity contribution is -0.141. The Hall–Kier alpha value is -2.93. The molecule has 1 aromatic carbocycles. The molecule has 0 radical (unpaired) electrons. The van der Waals surface area contributed by atoms with Crippen molar-refractivity contribution in [1.29, 1.82) is 5.26 Å². The van der Waals surface area contributed by atoms with Gasteiger partial charge in [-0.3, -0.25) is 9.20 Å². The molecule has 0 spiro atoms. The number of carbonyl (C=O) groups is 1. The summed E-state index contributed by atoms with van der Waals surface area (Å²) in [5.41, 5.74) is -0.824. The number of halogens is 4. The van der Waals surface area contributed by atoms with Crippen molar-refractivity contribution >= 4 is 27.5 Å². The van der Waals surface area contributed by atoms with Gasteiger partial charge in [-0.2, -0.15) is 18.4 Å². The van der Waals surface area contributed by atoms with Gasteiger partial charge >= 0.3 is 6.18 Å². The van der Waals surface area contributed by atoms with Crippen LogP contribution < -0.4 is 0 Å². The molecule has 1 N–H and O–H groups in total. The van der Waals surface area contributed by atoms with E-state index in [4.69, 9.17) is 5.26 Å². The smallest absolute Gasteiger partial charge is 0.433 e. The number of hydrogen-bond donors (Lipinski definition) is 1. The van der Waals surface area contributed by atoms with Gasteiger partial charge in [-0.25, -0.2) is 9.97 Å². The van der Waals surface area contributed by atoms with Gasteiger partial charge in [0.1, 0.15) is 23.2 Å². The number of aromatic nitrogens is 3. The minimum atomic E-state index is -4.63. The van der Waals surface area contributed by atoms with Crippen molar-refractivity contribution in [3.05, 3.63) is 57.1 Å². The van der Waals surface area contributed by atoms with E-state index in [1.807, 2.05) is 0 Å². The molecule has 10 heteroatoms. The summed E-state index contributed by atoms with van der Waals surface area (Å²) >= 11 is 3.07. The van der Waals surface area contributed by atoms with E-state index in [1.165, 1.54) is 16.5 Å². The molecular weight excluding hydrogens is 429 g/mol. The molecule has 2 heterocycles. The molecule has 3 aromatic rings. The van der Waals surface area contributed by atoms with Crippen LogP contribution in [0.1, 0.15) is 39.9 Å². The van der Waals surface area contributed by atoms with Crippen LogP contribution in [0.5, 0.6) is 5.75 Å². The van der Waals surface area contributed by atoms with Crippen LogP contribution in [-0.2, 0) is 12.6 Å². The maximum Gasteiger partial charge on any atom is 0.433 e. The number of phenolic OH excluding ortho intramolecular Hbond substituents is 1. The fraction of sp³-hybridized carbons (Fsp3) is 0.176. The van der Waals surface area contributed by atoms with Gasteiger partial charge < -0.3 is 5.11 Å². The predicted octanol–water partition coefficient (Wildman–Crippen LogP) is 3.88. The predicted molar refractivity (Wildman–Crippen MR) is 91.3 cm³/mol. The molecule has 0 saturated heterocycles. The Labute approximate surface area is 159 Å². The van der Waals surface area contributed by atoms with Crippen LogP contribution in [0, 0.1) is 11.3 Å². The lowest BCUT2D eigenvalue weighted by Crippen LogP contribution is -2.11. The fourth-order valence-electron chi connectivity index (χ4n) is 2.57. The molecule has 0 aliphatic carbocycles. The van der Waals surface area contributed by atoms with Crippen LogP contribution in [0.3, 0.4) is 0 Å². The summed E-state index contributed by atoms with van der Waals surface area (Å²) in [4.78, 5) is 20.5. The molecule has 27 heavy (non-hydrogen) atoms. The quantitative estimate of drug-likeness (QED) is 0.626. The monoisotopic (exact) mass is 438 g/mol. The number of aromatic hydroxyl groups is 1. The standard InChI is InChI=1S/C17H10BrF3N4O2/c1-2-11-13(15(27)8-5-9(7-22)14(26)10(18)6-8)25-4-3-12(17(19,20)21)24-16(25)23-11/h3-6,26H,2H2,1H3. The van der Waals surface area contributed by atoms with Gasteiger partial charge in [-0.15, -0.1) is 0 Å². The third kappa shape index (κ3) is 3.26. The van der Waals surface area contributed by atoms with E-state index >= 15 is 0 Å². The van der Waals surface area contributed by atoms with E-state index in [9.17, 15) is 23.1 Å². The van der Waals surface area contributed by atoms with Crippen molar-refractivity contribution in [3.8, 4) is 11.8 Å². The van der Waals surface area contributed by atoms with Crippen molar-refractivity contribution in [2.75, 3.05) is 0 Å². The lowest BCUT2D eigenvalue weighted by Gasteiger charge is -2.08. The highest BCUT2D eigenvalue weighted by Crippen LogP contribution is 2.31. The van der Waals surface area contributed by atoms with Gasteiger partial charge in [0.15, 0.2) is 0 Å². The summed E-state index contributed by atoms with van der Waals surface area (Å²) in [5, 5.41) is 18.9. The second-order valence-corrected chi connectivity index (χ2v) is 6.39. The Balaban J connectivity index is 2.20. The average Bonchev–Trinajstić information content (AvgIpc) is 3.00. The summed E-state index contributed by atoms with van der Waals surface area (Å²) in [6, 6.07) is 5.07. The minimum Gasteiger partial charge on any atom is -0.505 e. The van der Waals surface area contributed by atoms with Gasteiger partial charge in [0.2, 0.25) is 11.6 Å². The highest BCUT2D eigenvalue weighted by Gasteiger charge is 2.33. The third-order valence-corrected chi connectivity index (χ3v) is 4.46. The number of phenols is 1. The molecule has 0 aliphatic heterocycles. The number of ketones is 1. The van der Waals surface area contributed by atoms with Gasteiger partial charge in [0, 0.05) is 11.8 Å². The molecule has 0 unspecified atom stereocenters. The van der Waals surface area contributed by atoms with E-state index in [0.29, 0.717) is 0 Å². The van der Waals surface area contributed by atoms with Crippen LogP contribution >= 0.6 is 15.9 Å². The number of aryl methyl sites for hydroxylation is 1. The Kier molecular flexibility index (Phi) is 4.65. The van der Waals surface area contributed by atoms with Crippen molar-refractivity contribution in [2.24, 2.45) is 0 Å². The summed E-state index contributed by atoms with van der Waals surface area (Å²) in [7, 11) is 0. The molecule has 0 saturated carbocycles. The molecule has 138 valence electrons. The molecule has 6 nitrogen and oxygen atoms in total. The molecule has 0 amide bonds. The van der Waals surface area contributed by atoms with E-state index in [0.717, 1.165) is 12.3 Å². The summed E-state index contributed by atoms with van der Waals surface area (Å²) in [6.45, 7) is 1.71. The fourth-order valence-corrected chi connectivity index (χ4v) is 3.03. The van der Waals surface area contributed by atoms with Gasteiger partial charge in [0.05, 0.1) is 15.7 Å². The van der Waals surface area contributed by atoms with Crippen LogP contribution in [0.4, 0.5) is 13.2 Å². The third-order valence-electron chi connectivity index (χ3n) is 3.85. The zero-order chi connectivity index (χ0) is 19.9. The second kappa shape index (κ2) is 6.66. The zero-order valence-corrected chi connectivity index (χ0v) is 15.3. The normalized spacial score (nSPS) is 11.6. The average molecular weight is 439 g/mol. The topological polar surface area (TPSA) is 91.3 Å². The van der Waals surface area contributed by atoms with Crippen LogP contribution in [0.2, 0.25) is 0 Å².